The Morgan fingerprint density at radius 2 is 2.17 bits per heavy atom. The summed E-state index contributed by atoms with van der Waals surface area (Å²) in [6, 6.07) is 5.92. The molecule has 1 unspecified atom stereocenters. The van der Waals surface area contributed by atoms with Crippen molar-refractivity contribution in [1.29, 1.82) is 0 Å². The fourth-order valence-electron chi connectivity index (χ4n) is 2.95. The summed E-state index contributed by atoms with van der Waals surface area (Å²) >= 11 is 3.35. The van der Waals surface area contributed by atoms with E-state index in [0.717, 1.165) is 48.0 Å². The third-order valence-corrected chi connectivity index (χ3v) is 4.95. The summed E-state index contributed by atoms with van der Waals surface area (Å²) in [6.45, 7) is 5.20. The Bertz CT molecular complexity index is 588. The van der Waals surface area contributed by atoms with E-state index < -0.39 is 0 Å². The number of hydrogen-bond donors (Lipinski definition) is 0. The average molecular weight is 396 g/mol. The van der Waals surface area contributed by atoms with Gasteiger partial charge in [0.1, 0.15) is 6.61 Å². The van der Waals surface area contributed by atoms with Gasteiger partial charge in [-0.15, -0.1) is 0 Å². The number of halogens is 1. The average Bonchev–Trinajstić information content (AvgIpc) is 2.54. The summed E-state index contributed by atoms with van der Waals surface area (Å²) in [4.78, 5) is 25.8. The van der Waals surface area contributed by atoms with Crippen LogP contribution in [0.15, 0.2) is 18.2 Å². The number of aryl methyl sites for hydroxylation is 1. The minimum Gasteiger partial charge on any atom is -0.461 e. The Balaban J connectivity index is 1.92. The second kappa shape index (κ2) is 9.21. The van der Waals surface area contributed by atoms with Crippen molar-refractivity contribution >= 4 is 33.5 Å². The Kier molecular flexibility index (Phi) is 7.28. The van der Waals surface area contributed by atoms with E-state index in [0.29, 0.717) is 25.4 Å². The fraction of sp³-hybridized carbons (Fsp3) is 0.579. The zero-order valence-corrected chi connectivity index (χ0v) is 16.1. The van der Waals surface area contributed by atoms with Gasteiger partial charge >= 0.3 is 5.97 Å². The number of nitrogens with zero attached hydrogens (tertiary/aromatic N) is 1. The molecule has 4 nitrogen and oxygen atoms in total. The summed E-state index contributed by atoms with van der Waals surface area (Å²) in [5.41, 5.74) is 2.98. The van der Waals surface area contributed by atoms with Crippen molar-refractivity contribution in [2.75, 3.05) is 16.8 Å². The number of rotatable bonds is 7. The van der Waals surface area contributed by atoms with Crippen LogP contribution in [-0.4, -0.2) is 23.8 Å². The molecule has 1 aliphatic heterocycles. The van der Waals surface area contributed by atoms with Gasteiger partial charge in [0, 0.05) is 30.4 Å². The lowest BCUT2D eigenvalue weighted by Crippen LogP contribution is -2.38. The number of carbonyl (C=O) groups is 2. The number of alkyl halides is 1. The van der Waals surface area contributed by atoms with Crippen molar-refractivity contribution in [3.8, 4) is 0 Å². The maximum atomic E-state index is 12.2. The topological polar surface area (TPSA) is 46.6 Å². The number of piperidine rings is 1. The maximum absolute atomic E-state index is 12.2. The summed E-state index contributed by atoms with van der Waals surface area (Å²) in [6.07, 6.45) is 3.94. The highest BCUT2D eigenvalue weighted by Gasteiger charge is 2.25. The molecule has 1 fully saturated rings. The quantitative estimate of drug-likeness (QED) is 0.391. The highest BCUT2D eigenvalue weighted by atomic mass is 79.9. The van der Waals surface area contributed by atoms with Crippen LogP contribution in [0.2, 0.25) is 0 Å². The van der Waals surface area contributed by atoms with Crippen molar-refractivity contribution in [3.63, 3.8) is 0 Å². The first-order valence-corrected chi connectivity index (χ1v) is 9.75. The number of hydrogen-bond acceptors (Lipinski definition) is 3. The Morgan fingerprint density at radius 3 is 2.83 bits per heavy atom. The van der Waals surface area contributed by atoms with Crippen LogP contribution >= 0.6 is 15.9 Å². The van der Waals surface area contributed by atoms with Crippen LogP contribution in [0.25, 0.3) is 0 Å². The van der Waals surface area contributed by atoms with E-state index in [9.17, 15) is 9.59 Å². The van der Waals surface area contributed by atoms with E-state index in [1.807, 2.05) is 30.0 Å². The van der Waals surface area contributed by atoms with Gasteiger partial charge < -0.3 is 9.64 Å². The molecule has 0 N–H and O–H groups in total. The summed E-state index contributed by atoms with van der Waals surface area (Å²) in [5.74, 6) is 0.512. The molecule has 0 aromatic heterocycles. The zero-order chi connectivity index (χ0) is 17.5. The van der Waals surface area contributed by atoms with E-state index in [1.165, 1.54) is 0 Å². The van der Waals surface area contributed by atoms with Crippen LogP contribution in [0, 0.1) is 12.8 Å². The van der Waals surface area contributed by atoms with Gasteiger partial charge in [-0.2, -0.15) is 0 Å². The first-order chi connectivity index (χ1) is 11.5. The maximum Gasteiger partial charge on any atom is 0.306 e. The van der Waals surface area contributed by atoms with Crippen LogP contribution in [0.1, 0.15) is 50.2 Å². The molecule has 1 heterocycles. The number of ether oxygens (including phenoxy) is 1. The molecule has 1 amide bonds. The molecule has 24 heavy (non-hydrogen) atoms. The van der Waals surface area contributed by atoms with Gasteiger partial charge in [-0.3, -0.25) is 9.59 Å². The Labute approximate surface area is 152 Å². The first kappa shape index (κ1) is 19.0. The molecule has 132 valence electrons. The smallest absolute Gasteiger partial charge is 0.306 e. The number of unbranched alkanes of at least 4 members (excludes halogenated alkanes) is 1. The summed E-state index contributed by atoms with van der Waals surface area (Å²) in [5, 5.41) is 0.912. The second-order valence-electron chi connectivity index (χ2n) is 6.57. The molecule has 1 atom stereocenters. The van der Waals surface area contributed by atoms with Crippen molar-refractivity contribution in [2.24, 2.45) is 5.92 Å². The SMILES string of the molecule is Cc1cc(COC(=O)CCCCBr)ccc1N1CCC(C)CC1=O. The van der Waals surface area contributed by atoms with Crippen LogP contribution in [0.4, 0.5) is 5.69 Å². The van der Waals surface area contributed by atoms with E-state index in [-0.39, 0.29) is 11.9 Å². The summed E-state index contributed by atoms with van der Waals surface area (Å²) in [7, 11) is 0. The normalized spacial score (nSPS) is 17.9. The highest BCUT2D eigenvalue weighted by Crippen LogP contribution is 2.27. The number of anilines is 1. The molecular weight excluding hydrogens is 370 g/mol. The molecule has 0 spiro atoms. The summed E-state index contributed by atoms with van der Waals surface area (Å²) < 4.78 is 5.32. The Morgan fingerprint density at radius 1 is 1.38 bits per heavy atom. The van der Waals surface area contributed by atoms with Gasteiger partial charge in [0.05, 0.1) is 0 Å². The van der Waals surface area contributed by atoms with Gasteiger partial charge in [-0.05, 0) is 49.3 Å². The van der Waals surface area contributed by atoms with E-state index in [4.69, 9.17) is 4.74 Å². The monoisotopic (exact) mass is 395 g/mol. The third kappa shape index (κ3) is 5.33. The standard InChI is InChI=1S/C19H26BrNO3/c1-14-8-10-21(18(22)11-14)17-7-6-16(12-15(17)2)13-24-19(23)5-3-4-9-20/h6-7,12,14H,3-5,8-11,13H2,1-2H3. The van der Waals surface area contributed by atoms with Crippen molar-refractivity contribution in [3.05, 3.63) is 29.3 Å². The lowest BCUT2D eigenvalue weighted by molar-refractivity contribution is -0.145. The van der Waals surface area contributed by atoms with Gasteiger partial charge in [0.25, 0.3) is 0 Å². The molecule has 1 aromatic carbocycles. The second-order valence-corrected chi connectivity index (χ2v) is 7.36. The largest absolute Gasteiger partial charge is 0.461 e. The fourth-order valence-corrected chi connectivity index (χ4v) is 3.35. The molecule has 1 aliphatic rings. The van der Waals surface area contributed by atoms with Crippen LogP contribution in [-0.2, 0) is 20.9 Å². The highest BCUT2D eigenvalue weighted by molar-refractivity contribution is 9.09. The zero-order valence-electron chi connectivity index (χ0n) is 14.5. The lowest BCUT2D eigenvalue weighted by atomic mass is 9.97. The van der Waals surface area contributed by atoms with Crippen LogP contribution in [0.5, 0.6) is 0 Å². The number of esters is 1. The van der Waals surface area contributed by atoms with Crippen molar-refractivity contribution < 1.29 is 14.3 Å². The first-order valence-electron chi connectivity index (χ1n) is 8.62. The number of benzene rings is 1. The number of amides is 1. The van der Waals surface area contributed by atoms with E-state index >= 15 is 0 Å². The Hall–Kier alpha value is -1.36. The minimum absolute atomic E-state index is 0.155. The molecular formula is C19H26BrNO3. The van der Waals surface area contributed by atoms with Gasteiger partial charge in [0.2, 0.25) is 5.91 Å². The molecule has 1 saturated heterocycles. The van der Waals surface area contributed by atoms with Gasteiger partial charge in [0.15, 0.2) is 0 Å². The molecule has 0 radical (unpaired) electrons. The molecule has 5 heteroatoms. The third-order valence-electron chi connectivity index (χ3n) is 4.39. The van der Waals surface area contributed by atoms with Crippen molar-refractivity contribution in [1.82, 2.24) is 0 Å². The minimum atomic E-state index is -0.155. The van der Waals surface area contributed by atoms with E-state index in [1.54, 1.807) is 0 Å². The lowest BCUT2D eigenvalue weighted by Gasteiger charge is -2.31. The van der Waals surface area contributed by atoms with Crippen molar-refractivity contribution in [2.45, 2.75) is 52.6 Å². The van der Waals surface area contributed by atoms with E-state index in [2.05, 4.69) is 22.9 Å². The molecule has 0 aliphatic carbocycles. The van der Waals surface area contributed by atoms with Gasteiger partial charge in [-0.1, -0.05) is 35.0 Å². The van der Waals surface area contributed by atoms with Crippen LogP contribution < -0.4 is 4.90 Å². The predicted molar refractivity (Wildman–Crippen MR) is 99.4 cm³/mol. The predicted octanol–water partition coefficient (Wildman–Crippen LogP) is 4.37. The molecule has 1 aromatic rings. The molecule has 0 bridgehead atoms. The number of carbonyl (C=O) groups excluding carboxylic acids is 2. The molecule has 0 saturated carbocycles. The molecule has 2 rings (SSSR count). The van der Waals surface area contributed by atoms with Crippen LogP contribution in [0.3, 0.4) is 0 Å². The van der Waals surface area contributed by atoms with Gasteiger partial charge in [-0.25, -0.2) is 0 Å².